The van der Waals surface area contributed by atoms with E-state index in [1.807, 2.05) is 0 Å². The zero-order valence-corrected chi connectivity index (χ0v) is 49.4. The third-order valence-corrected chi connectivity index (χ3v) is 15.5. The first-order valence-electron chi connectivity index (χ1n) is 33.1. The van der Waals surface area contributed by atoms with E-state index in [0.717, 1.165) is 44.9 Å². The summed E-state index contributed by atoms with van der Waals surface area (Å²) in [6.07, 6.45) is 77.7. The number of carbonyl (C=O) groups excluding carboxylic acids is 2. The van der Waals surface area contributed by atoms with E-state index >= 15 is 0 Å². The second kappa shape index (κ2) is 62.9. The van der Waals surface area contributed by atoms with Gasteiger partial charge in [0.2, 0.25) is 5.91 Å². The summed E-state index contributed by atoms with van der Waals surface area (Å²) < 4.78 is 5.50. The minimum absolute atomic E-state index is 0.00922. The smallest absolute Gasteiger partial charge is 0.305 e. The van der Waals surface area contributed by atoms with Crippen molar-refractivity contribution in [2.45, 2.75) is 379 Å². The van der Waals surface area contributed by atoms with Crippen molar-refractivity contribution in [2.75, 3.05) is 13.2 Å². The highest BCUT2D eigenvalue weighted by Crippen LogP contribution is 2.18. The Bertz CT molecular complexity index is 1140. The van der Waals surface area contributed by atoms with Gasteiger partial charge in [0.05, 0.1) is 25.4 Å². The van der Waals surface area contributed by atoms with Crippen molar-refractivity contribution < 1.29 is 24.5 Å². The van der Waals surface area contributed by atoms with Crippen LogP contribution in [0.25, 0.3) is 0 Å². The Hall–Kier alpha value is -1.66. The van der Waals surface area contributed by atoms with Crippen LogP contribution in [0.5, 0.6) is 0 Å². The predicted molar refractivity (Wildman–Crippen MR) is 320 cm³/mol. The summed E-state index contributed by atoms with van der Waals surface area (Å²) >= 11 is 0. The van der Waals surface area contributed by atoms with Gasteiger partial charge in [-0.1, -0.05) is 301 Å². The zero-order valence-electron chi connectivity index (χ0n) is 49.4. The van der Waals surface area contributed by atoms with Crippen molar-refractivity contribution in [3.8, 4) is 0 Å². The second-order valence-electron chi connectivity index (χ2n) is 22.8. The molecule has 0 aliphatic heterocycles. The largest absolute Gasteiger partial charge is 0.466 e. The minimum atomic E-state index is -0.668. The monoisotopic (exact) mass is 1030 g/mol. The van der Waals surface area contributed by atoms with Gasteiger partial charge in [0.1, 0.15) is 0 Å². The molecule has 2 unspecified atom stereocenters. The molecule has 73 heavy (non-hydrogen) atoms. The summed E-state index contributed by atoms with van der Waals surface area (Å²) in [7, 11) is 0. The summed E-state index contributed by atoms with van der Waals surface area (Å²) in [4.78, 5) is 24.6. The number of unbranched alkanes of at least 4 members (excludes halogenated alkanes) is 47. The molecule has 0 rings (SSSR count). The molecule has 6 nitrogen and oxygen atoms in total. The van der Waals surface area contributed by atoms with E-state index in [-0.39, 0.29) is 18.5 Å². The summed E-state index contributed by atoms with van der Waals surface area (Å²) in [5.74, 6) is -0.0299. The Kier molecular flexibility index (Phi) is 61.4. The average molecular weight is 1030 g/mol. The summed E-state index contributed by atoms with van der Waals surface area (Å²) in [6.45, 7) is 4.97. The van der Waals surface area contributed by atoms with Gasteiger partial charge in [0.15, 0.2) is 0 Å². The lowest BCUT2D eigenvalue weighted by Gasteiger charge is -2.22. The van der Waals surface area contributed by atoms with Crippen LogP contribution in [0.1, 0.15) is 367 Å². The Morgan fingerprint density at radius 3 is 0.973 bits per heavy atom. The van der Waals surface area contributed by atoms with E-state index in [9.17, 15) is 19.8 Å². The van der Waals surface area contributed by atoms with E-state index < -0.39 is 12.1 Å². The lowest BCUT2D eigenvalue weighted by atomic mass is 10.0. The number of hydrogen-bond donors (Lipinski definition) is 3. The third kappa shape index (κ3) is 59.4. The van der Waals surface area contributed by atoms with Gasteiger partial charge in [-0.2, -0.15) is 0 Å². The summed E-state index contributed by atoms with van der Waals surface area (Å²) in [6, 6.07) is -0.546. The summed E-state index contributed by atoms with van der Waals surface area (Å²) in [5.41, 5.74) is 0. The fourth-order valence-corrected chi connectivity index (χ4v) is 10.4. The van der Waals surface area contributed by atoms with Crippen molar-refractivity contribution >= 4 is 11.9 Å². The van der Waals surface area contributed by atoms with Crippen molar-refractivity contribution in [3.63, 3.8) is 0 Å². The number of amides is 1. The van der Waals surface area contributed by atoms with Crippen LogP contribution in [0.15, 0.2) is 24.3 Å². The summed E-state index contributed by atoms with van der Waals surface area (Å²) in [5, 5.41) is 23.3. The molecule has 0 aliphatic rings. The molecule has 2 atom stereocenters. The molecule has 3 N–H and O–H groups in total. The quantitative estimate of drug-likeness (QED) is 0.0320. The van der Waals surface area contributed by atoms with E-state index in [1.54, 1.807) is 0 Å². The lowest BCUT2D eigenvalue weighted by Crippen LogP contribution is -2.45. The van der Waals surface area contributed by atoms with Crippen LogP contribution in [-0.4, -0.2) is 47.4 Å². The third-order valence-electron chi connectivity index (χ3n) is 15.5. The van der Waals surface area contributed by atoms with Crippen LogP contribution >= 0.6 is 0 Å². The molecule has 0 radical (unpaired) electrons. The maximum atomic E-state index is 12.5. The molecule has 0 saturated carbocycles. The maximum absolute atomic E-state index is 12.5. The molecule has 0 aromatic carbocycles. The number of ether oxygens (including phenoxy) is 1. The van der Waals surface area contributed by atoms with Gasteiger partial charge in [-0.05, 0) is 77.0 Å². The molecule has 0 spiro atoms. The first kappa shape index (κ1) is 71.3. The molecule has 432 valence electrons. The molecular weight excluding hydrogens is 899 g/mol. The van der Waals surface area contributed by atoms with Gasteiger partial charge < -0.3 is 20.3 Å². The second-order valence-corrected chi connectivity index (χ2v) is 22.8. The Labute approximate surface area is 456 Å². The SMILES string of the molecule is CCCCCCCCC/C=C\CCCCCCCCCC(=O)OCCCCCCCCCCCCCC/C=C\CCCCCCCCCC(=O)NC(CO)C(O)CCCCCCCCCCCCCCCCC. The number of carbonyl (C=O) groups is 2. The lowest BCUT2D eigenvalue weighted by molar-refractivity contribution is -0.143. The van der Waals surface area contributed by atoms with Gasteiger partial charge in [0.25, 0.3) is 0 Å². The minimum Gasteiger partial charge on any atom is -0.466 e. The van der Waals surface area contributed by atoms with Gasteiger partial charge >= 0.3 is 5.97 Å². The van der Waals surface area contributed by atoms with Crippen molar-refractivity contribution in [1.29, 1.82) is 0 Å². The number of aliphatic hydroxyl groups excluding tert-OH is 2. The molecule has 0 saturated heterocycles. The van der Waals surface area contributed by atoms with Gasteiger partial charge in [-0.15, -0.1) is 0 Å². The molecule has 1 amide bonds. The molecule has 0 bridgehead atoms. The van der Waals surface area contributed by atoms with Gasteiger partial charge in [-0.25, -0.2) is 0 Å². The van der Waals surface area contributed by atoms with Gasteiger partial charge in [-0.3, -0.25) is 9.59 Å². The van der Waals surface area contributed by atoms with Crippen LogP contribution in [0.2, 0.25) is 0 Å². The number of rotatable bonds is 62. The number of nitrogens with one attached hydrogen (secondary N) is 1. The number of allylic oxidation sites excluding steroid dienone is 4. The highest BCUT2D eigenvalue weighted by Gasteiger charge is 2.20. The first-order valence-corrected chi connectivity index (χ1v) is 33.1. The first-order chi connectivity index (χ1) is 36.0. The molecule has 0 fully saturated rings. The number of aliphatic hydroxyl groups is 2. The van der Waals surface area contributed by atoms with E-state index in [1.165, 1.54) is 289 Å². The van der Waals surface area contributed by atoms with Crippen molar-refractivity contribution in [3.05, 3.63) is 24.3 Å². The Morgan fingerprint density at radius 2 is 0.644 bits per heavy atom. The van der Waals surface area contributed by atoms with Crippen molar-refractivity contribution in [1.82, 2.24) is 5.32 Å². The fraction of sp³-hybridized carbons (Fsp3) is 0.910. The van der Waals surface area contributed by atoms with E-state index in [2.05, 4.69) is 43.5 Å². The maximum Gasteiger partial charge on any atom is 0.305 e. The zero-order chi connectivity index (χ0) is 52.9. The topological polar surface area (TPSA) is 95.9 Å². The highest BCUT2D eigenvalue weighted by molar-refractivity contribution is 5.76. The molecule has 0 heterocycles. The fourth-order valence-electron chi connectivity index (χ4n) is 10.4. The van der Waals surface area contributed by atoms with Crippen molar-refractivity contribution in [2.24, 2.45) is 0 Å². The van der Waals surface area contributed by atoms with Crippen LogP contribution < -0.4 is 5.32 Å². The molecule has 0 aliphatic carbocycles. The van der Waals surface area contributed by atoms with Crippen LogP contribution in [0.3, 0.4) is 0 Å². The van der Waals surface area contributed by atoms with E-state index in [0.29, 0.717) is 25.9 Å². The molecular formula is C67H129NO5. The number of hydrogen-bond acceptors (Lipinski definition) is 5. The predicted octanol–water partition coefficient (Wildman–Crippen LogP) is 21.0. The highest BCUT2D eigenvalue weighted by atomic mass is 16.5. The van der Waals surface area contributed by atoms with Crippen LogP contribution in [0, 0.1) is 0 Å². The van der Waals surface area contributed by atoms with Crippen LogP contribution in [-0.2, 0) is 14.3 Å². The normalized spacial score (nSPS) is 12.7. The van der Waals surface area contributed by atoms with Gasteiger partial charge in [0, 0.05) is 12.8 Å². The Balaban J connectivity index is 3.39. The van der Waals surface area contributed by atoms with Crippen LogP contribution in [0.4, 0.5) is 0 Å². The molecule has 0 aromatic rings. The average Bonchev–Trinajstić information content (AvgIpc) is 3.39. The molecule has 6 heteroatoms. The standard InChI is InChI=1S/C67H129NO5/c1-3-5-7-9-11-13-15-17-19-20-29-33-37-41-45-49-53-57-61-67(72)73-62-58-54-50-46-42-38-34-30-27-25-23-21-22-24-26-28-32-36-40-44-48-52-56-60-66(71)68-64(63-69)65(70)59-55-51-47-43-39-35-31-18-16-14-12-10-8-6-4-2/h19-20,24,26,64-65,69-70H,3-18,21-23,25,27-63H2,1-2H3,(H,68,71)/b20-19-,26-24-. The Morgan fingerprint density at radius 1 is 0.370 bits per heavy atom. The van der Waals surface area contributed by atoms with E-state index in [4.69, 9.17) is 4.74 Å². The number of esters is 1. The molecule has 0 aromatic heterocycles.